The van der Waals surface area contributed by atoms with Gasteiger partial charge in [-0.2, -0.15) is 0 Å². The first kappa shape index (κ1) is 13.3. The Morgan fingerprint density at radius 2 is 2.06 bits per heavy atom. The van der Waals surface area contributed by atoms with Crippen molar-refractivity contribution >= 4 is 34.8 Å². The highest BCUT2D eigenvalue weighted by Gasteiger charge is 2.07. The molecular weight excluding hydrogens is 245 g/mol. The standard InChI is InChI=1S/C12H15Cl2NO/c1-2-3-4-8-11(16)15-10-7-5-6-9(13)12(10)14/h5-7H,2-4,8H2,1H3,(H,15,16). The van der Waals surface area contributed by atoms with Crippen molar-refractivity contribution in [3.8, 4) is 0 Å². The molecule has 1 aromatic carbocycles. The van der Waals surface area contributed by atoms with Gasteiger partial charge in [-0.15, -0.1) is 0 Å². The predicted octanol–water partition coefficient (Wildman–Crippen LogP) is 4.51. The molecule has 0 aliphatic heterocycles. The first-order valence-corrected chi connectivity index (χ1v) is 6.14. The summed E-state index contributed by atoms with van der Waals surface area (Å²) in [5.74, 6) is -0.0161. The molecular formula is C12H15Cl2NO. The summed E-state index contributed by atoms with van der Waals surface area (Å²) >= 11 is 11.8. The number of halogens is 2. The van der Waals surface area contributed by atoms with Crippen LogP contribution in [0.5, 0.6) is 0 Å². The van der Waals surface area contributed by atoms with Crippen LogP contribution in [0.15, 0.2) is 18.2 Å². The van der Waals surface area contributed by atoms with Crippen molar-refractivity contribution < 1.29 is 4.79 Å². The van der Waals surface area contributed by atoms with Crippen molar-refractivity contribution in [3.63, 3.8) is 0 Å². The highest BCUT2D eigenvalue weighted by molar-refractivity contribution is 6.43. The normalized spacial score (nSPS) is 10.2. The molecule has 0 spiro atoms. The second-order valence-electron chi connectivity index (χ2n) is 3.61. The van der Waals surface area contributed by atoms with Gasteiger partial charge in [0.25, 0.3) is 0 Å². The van der Waals surface area contributed by atoms with E-state index in [9.17, 15) is 4.79 Å². The van der Waals surface area contributed by atoms with Gasteiger partial charge in [-0.3, -0.25) is 4.79 Å². The Hall–Kier alpha value is -0.730. The van der Waals surface area contributed by atoms with Crippen LogP contribution in [-0.2, 0) is 4.79 Å². The highest BCUT2D eigenvalue weighted by Crippen LogP contribution is 2.29. The molecule has 88 valence electrons. The molecule has 16 heavy (non-hydrogen) atoms. The van der Waals surface area contributed by atoms with Crippen LogP contribution in [0.4, 0.5) is 5.69 Å². The van der Waals surface area contributed by atoms with E-state index in [4.69, 9.17) is 23.2 Å². The number of carbonyl (C=O) groups excluding carboxylic acids is 1. The molecule has 1 aromatic rings. The second-order valence-corrected chi connectivity index (χ2v) is 4.39. The SMILES string of the molecule is CCCCCC(=O)Nc1cccc(Cl)c1Cl. The van der Waals surface area contributed by atoms with Gasteiger partial charge in [-0.25, -0.2) is 0 Å². The van der Waals surface area contributed by atoms with E-state index in [1.54, 1.807) is 18.2 Å². The molecule has 0 fully saturated rings. The molecule has 1 amide bonds. The molecule has 0 aromatic heterocycles. The van der Waals surface area contributed by atoms with E-state index in [-0.39, 0.29) is 5.91 Å². The maximum absolute atomic E-state index is 11.5. The summed E-state index contributed by atoms with van der Waals surface area (Å²) in [5, 5.41) is 3.60. The van der Waals surface area contributed by atoms with Crippen LogP contribution in [0.1, 0.15) is 32.6 Å². The number of hydrogen-bond acceptors (Lipinski definition) is 1. The Bertz CT molecular complexity index is 366. The summed E-state index contributed by atoms with van der Waals surface area (Å²) in [7, 11) is 0. The summed E-state index contributed by atoms with van der Waals surface area (Å²) in [6.45, 7) is 2.10. The van der Waals surface area contributed by atoms with Gasteiger partial charge in [0, 0.05) is 6.42 Å². The molecule has 0 bridgehead atoms. The van der Waals surface area contributed by atoms with E-state index < -0.39 is 0 Å². The number of benzene rings is 1. The average Bonchev–Trinajstić information content (AvgIpc) is 2.25. The van der Waals surface area contributed by atoms with Gasteiger partial charge in [0.05, 0.1) is 15.7 Å². The quantitative estimate of drug-likeness (QED) is 0.775. The first-order chi connectivity index (χ1) is 7.65. The molecule has 0 atom stereocenters. The van der Waals surface area contributed by atoms with Crippen molar-refractivity contribution in [2.45, 2.75) is 32.6 Å². The minimum absolute atomic E-state index is 0.0161. The summed E-state index contributed by atoms with van der Waals surface area (Å²) in [6, 6.07) is 5.19. The Labute approximate surface area is 106 Å². The lowest BCUT2D eigenvalue weighted by molar-refractivity contribution is -0.116. The fourth-order valence-corrected chi connectivity index (χ4v) is 1.70. The number of carbonyl (C=O) groups is 1. The molecule has 0 saturated heterocycles. The smallest absolute Gasteiger partial charge is 0.224 e. The Morgan fingerprint density at radius 3 is 2.75 bits per heavy atom. The lowest BCUT2D eigenvalue weighted by Gasteiger charge is -2.07. The van der Waals surface area contributed by atoms with Gasteiger partial charge in [0.2, 0.25) is 5.91 Å². The molecule has 0 radical (unpaired) electrons. The molecule has 0 unspecified atom stereocenters. The minimum atomic E-state index is -0.0161. The van der Waals surface area contributed by atoms with E-state index in [0.717, 1.165) is 19.3 Å². The average molecular weight is 260 g/mol. The van der Waals surface area contributed by atoms with Gasteiger partial charge in [-0.1, -0.05) is 49.0 Å². The number of nitrogens with one attached hydrogen (secondary N) is 1. The molecule has 1 N–H and O–H groups in total. The fourth-order valence-electron chi connectivity index (χ4n) is 1.35. The molecule has 4 heteroatoms. The van der Waals surface area contributed by atoms with Crippen LogP contribution in [0.3, 0.4) is 0 Å². The molecule has 0 aliphatic rings. The zero-order chi connectivity index (χ0) is 12.0. The number of rotatable bonds is 5. The van der Waals surface area contributed by atoms with Crippen LogP contribution in [-0.4, -0.2) is 5.91 Å². The van der Waals surface area contributed by atoms with Crippen molar-refractivity contribution in [1.82, 2.24) is 0 Å². The number of anilines is 1. The largest absolute Gasteiger partial charge is 0.325 e. The van der Waals surface area contributed by atoms with E-state index >= 15 is 0 Å². The van der Waals surface area contributed by atoms with E-state index in [1.165, 1.54) is 0 Å². The van der Waals surface area contributed by atoms with Gasteiger partial charge < -0.3 is 5.32 Å². The third-order valence-electron chi connectivity index (χ3n) is 2.23. The third kappa shape index (κ3) is 4.03. The molecule has 0 heterocycles. The molecule has 0 aliphatic carbocycles. The molecule has 1 rings (SSSR count). The summed E-state index contributed by atoms with van der Waals surface area (Å²) < 4.78 is 0. The van der Waals surface area contributed by atoms with Crippen LogP contribution in [0.25, 0.3) is 0 Å². The van der Waals surface area contributed by atoms with Crippen molar-refractivity contribution in [2.75, 3.05) is 5.32 Å². The van der Waals surface area contributed by atoms with E-state index in [2.05, 4.69) is 12.2 Å². The molecule has 2 nitrogen and oxygen atoms in total. The van der Waals surface area contributed by atoms with Gasteiger partial charge >= 0.3 is 0 Å². The van der Waals surface area contributed by atoms with E-state index in [0.29, 0.717) is 22.2 Å². The maximum Gasteiger partial charge on any atom is 0.224 e. The zero-order valence-corrected chi connectivity index (χ0v) is 10.7. The monoisotopic (exact) mass is 259 g/mol. The topological polar surface area (TPSA) is 29.1 Å². The molecule has 0 saturated carbocycles. The van der Waals surface area contributed by atoms with Crippen LogP contribution in [0.2, 0.25) is 10.0 Å². The number of amides is 1. The Kier molecular flexibility index (Phi) is 5.64. The van der Waals surface area contributed by atoms with Gasteiger partial charge in [-0.05, 0) is 18.6 Å². The first-order valence-electron chi connectivity index (χ1n) is 5.39. The highest BCUT2D eigenvalue weighted by atomic mass is 35.5. The number of hydrogen-bond donors (Lipinski definition) is 1. The van der Waals surface area contributed by atoms with E-state index in [1.807, 2.05) is 0 Å². The maximum atomic E-state index is 11.5. The van der Waals surface area contributed by atoms with Crippen molar-refractivity contribution in [3.05, 3.63) is 28.2 Å². The second kappa shape index (κ2) is 6.77. The Balaban J connectivity index is 2.53. The van der Waals surface area contributed by atoms with Crippen molar-refractivity contribution in [2.24, 2.45) is 0 Å². The van der Waals surface area contributed by atoms with Crippen molar-refractivity contribution in [1.29, 1.82) is 0 Å². The zero-order valence-electron chi connectivity index (χ0n) is 9.22. The van der Waals surface area contributed by atoms with Gasteiger partial charge in [0.1, 0.15) is 0 Å². The lowest BCUT2D eigenvalue weighted by atomic mass is 10.2. The Morgan fingerprint density at radius 1 is 1.31 bits per heavy atom. The summed E-state index contributed by atoms with van der Waals surface area (Å²) in [6.07, 6.45) is 3.60. The number of unbranched alkanes of at least 4 members (excludes halogenated alkanes) is 2. The summed E-state index contributed by atoms with van der Waals surface area (Å²) in [5.41, 5.74) is 0.579. The lowest BCUT2D eigenvalue weighted by Crippen LogP contribution is -2.11. The predicted molar refractivity (Wildman–Crippen MR) is 69.2 cm³/mol. The third-order valence-corrected chi connectivity index (χ3v) is 3.05. The van der Waals surface area contributed by atoms with Crippen LogP contribution in [0, 0.1) is 0 Å². The van der Waals surface area contributed by atoms with Gasteiger partial charge in [0.15, 0.2) is 0 Å². The minimum Gasteiger partial charge on any atom is -0.325 e. The fraction of sp³-hybridized carbons (Fsp3) is 0.417. The van der Waals surface area contributed by atoms with Crippen LogP contribution < -0.4 is 5.32 Å². The summed E-state index contributed by atoms with van der Waals surface area (Å²) in [4.78, 5) is 11.5. The van der Waals surface area contributed by atoms with Crippen LogP contribution >= 0.6 is 23.2 Å².